The van der Waals surface area contributed by atoms with E-state index in [2.05, 4.69) is 27.8 Å². The molecule has 0 heterocycles. The third-order valence-electron chi connectivity index (χ3n) is 5.08. The Labute approximate surface area is 129 Å². The van der Waals surface area contributed by atoms with Gasteiger partial charge in [-0.3, -0.25) is 0 Å². The second-order valence-corrected chi connectivity index (χ2v) is 6.86. The quantitative estimate of drug-likeness (QED) is 0.249. The highest BCUT2D eigenvalue weighted by molar-refractivity contribution is 4.48. The van der Waals surface area contributed by atoms with Crippen LogP contribution in [-0.2, 0) is 0 Å². The number of hydrogen-bond donors (Lipinski definition) is 0. The number of hydrogen-bond acceptors (Lipinski definition) is 0. The van der Waals surface area contributed by atoms with E-state index in [1.807, 2.05) is 0 Å². The van der Waals surface area contributed by atoms with Gasteiger partial charge in [-0.05, 0) is 26.7 Å². The van der Waals surface area contributed by atoms with Crippen LogP contribution in [0.3, 0.4) is 0 Å². The zero-order valence-corrected chi connectivity index (χ0v) is 15.1. The lowest BCUT2D eigenvalue weighted by Crippen LogP contribution is -2.44. The van der Waals surface area contributed by atoms with Gasteiger partial charge in [0, 0.05) is 0 Å². The summed E-state index contributed by atoms with van der Waals surface area (Å²) in [5, 5.41) is 0. The molecular weight excluding hydrogens is 242 g/mol. The van der Waals surface area contributed by atoms with Gasteiger partial charge in [0.1, 0.15) is 0 Å². The maximum absolute atomic E-state index is 2.40. The van der Waals surface area contributed by atoms with Crippen molar-refractivity contribution in [2.45, 2.75) is 97.8 Å². The van der Waals surface area contributed by atoms with Crippen molar-refractivity contribution in [2.24, 2.45) is 0 Å². The van der Waals surface area contributed by atoms with Gasteiger partial charge in [-0.2, -0.15) is 0 Å². The first kappa shape index (κ1) is 20.0. The second-order valence-electron chi connectivity index (χ2n) is 6.86. The summed E-state index contributed by atoms with van der Waals surface area (Å²) in [5.74, 6) is 0. The molecule has 0 amide bonds. The van der Waals surface area contributed by atoms with Crippen LogP contribution in [0.2, 0.25) is 0 Å². The Hall–Kier alpha value is -0.0400. The summed E-state index contributed by atoms with van der Waals surface area (Å²) >= 11 is 0. The van der Waals surface area contributed by atoms with Gasteiger partial charge >= 0.3 is 0 Å². The Kier molecular flexibility index (Phi) is 13.9. The van der Waals surface area contributed by atoms with Gasteiger partial charge in [0.05, 0.1) is 26.7 Å². The number of nitrogens with zero attached hydrogens (tertiary/aromatic N) is 1. The molecule has 0 aromatic heterocycles. The molecule has 0 bridgehead atoms. The summed E-state index contributed by atoms with van der Waals surface area (Å²) in [6.45, 7) is 10.9. The molecule has 0 aromatic carbocycles. The van der Waals surface area contributed by atoms with Gasteiger partial charge in [0.2, 0.25) is 0 Å². The average molecular weight is 285 g/mol. The highest BCUT2D eigenvalue weighted by atomic mass is 15.3. The van der Waals surface area contributed by atoms with Crippen LogP contribution >= 0.6 is 0 Å². The van der Waals surface area contributed by atoms with Crippen molar-refractivity contribution in [3.05, 3.63) is 0 Å². The van der Waals surface area contributed by atoms with Crippen LogP contribution in [0.15, 0.2) is 0 Å². The molecule has 0 aliphatic rings. The van der Waals surface area contributed by atoms with Crippen LogP contribution < -0.4 is 0 Å². The molecule has 0 aliphatic carbocycles. The van der Waals surface area contributed by atoms with Crippen molar-refractivity contribution in [1.29, 1.82) is 0 Å². The molecule has 0 atom stereocenters. The SMILES string of the molecule is CCCCCCCCCCCCCC[N+](C)(CC)CC. The maximum Gasteiger partial charge on any atom is 0.0784 e. The van der Waals surface area contributed by atoms with E-state index in [1.54, 1.807) is 0 Å². The predicted molar refractivity (Wildman–Crippen MR) is 93.2 cm³/mol. The van der Waals surface area contributed by atoms with E-state index in [4.69, 9.17) is 0 Å². The first-order chi connectivity index (χ1) is 9.68. The topological polar surface area (TPSA) is 0 Å². The highest BCUT2D eigenvalue weighted by Gasteiger charge is 2.14. The molecule has 0 unspecified atom stereocenters. The molecule has 0 saturated carbocycles. The van der Waals surface area contributed by atoms with Crippen molar-refractivity contribution >= 4 is 0 Å². The summed E-state index contributed by atoms with van der Waals surface area (Å²) in [4.78, 5) is 0. The molecule has 0 saturated heterocycles. The molecule has 1 nitrogen and oxygen atoms in total. The Morgan fingerprint density at radius 1 is 0.500 bits per heavy atom. The highest BCUT2D eigenvalue weighted by Crippen LogP contribution is 2.13. The van der Waals surface area contributed by atoms with Crippen molar-refractivity contribution in [3.8, 4) is 0 Å². The average Bonchev–Trinajstić information content (AvgIpc) is 2.48. The summed E-state index contributed by atoms with van der Waals surface area (Å²) in [7, 11) is 2.40. The van der Waals surface area contributed by atoms with Crippen molar-refractivity contribution in [3.63, 3.8) is 0 Å². The minimum absolute atomic E-state index is 1.26. The standard InChI is InChI=1S/C19H42N/c1-5-8-9-10-11-12-13-14-15-16-17-18-19-20(4,6-2)7-3/h5-19H2,1-4H3/q+1. The van der Waals surface area contributed by atoms with Crippen LogP contribution in [0.5, 0.6) is 0 Å². The number of quaternary nitrogens is 1. The van der Waals surface area contributed by atoms with Crippen LogP contribution in [0, 0.1) is 0 Å². The largest absolute Gasteiger partial charge is 0.327 e. The van der Waals surface area contributed by atoms with Gasteiger partial charge in [-0.15, -0.1) is 0 Å². The third kappa shape index (κ3) is 11.8. The fourth-order valence-electron chi connectivity index (χ4n) is 2.87. The molecular formula is C19H42N+. The molecule has 0 fully saturated rings. The predicted octanol–water partition coefficient (Wildman–Crippen LogP) is 6.17. The van der Waals surface area contributed by atoms with E-state index in [-0.39, 0.29) is 0 Å². The molecule has 0 radical (unpaired) electrons. The van der Waals surface area contributed by atoms with Gasteiger partial charge in [-0.25, -0.2) is 0 Å². The van der Waals surface area contributed by atoms with Gasteiger partial charge in [0.25, 0.3) is 0 Å². The second kappa shape index (κ2) is 13.9. The van der Waals surface area contributed by atoms with E-state index in [0.29, 0.717) is 0 Å². The Balaban J connectivity index is 3.17. The maximum atomic E-state index is 2.40. The molecule has 0 aliphatic heterocycles. The van der Waals surface area contributed by atoms with Crippen molar-refractivity contribution in [2.75, 3.05) is 26.7 Å². The van der Waals surface area contributed by atoms with Crippen molar-refractivity contribution < 1.29 is 4.48 Å². The molecule has 20 heavy (non-hydrogen) atoms. The lowest BCUT2D eigenvalue weighted by atomic mass is 10.1. The van der Waals surface area contributed by atoms with Crippen LogP contribution in [-0.4, -0.2) is 31.2 Å². The van der Waals surface area contributed by atoms with E-state index in [9.17, 15) is 0 Å². The summed E-state index contributed by atoms with van der Waals surface area (Å²) in [5.41, 5.74) is 0. The minimum atomic E-state index is 1.26. The molecule has 122 valence electrons. The first-order valence-electron chi connectivity index (χ1n) is 9.52. The lowest BCUT2D eigenvalue weighted by molar-refractivity contribution is -0.906. The van der Waals surface area contributed by atoms with Gasteiger partial charge < -0.3 is 4.48 Å². The van der Waals surface area contributed by atoms with Gasteiger partial charge in [-0.1, -0.05) is 71.1 Å². The molecule has 0 spiro atoms. The Morgan fingerprint density at radius 2 is 0.850 bits per heavy atom. The van der Waals surface area contributed by atoms with Crippen LogP contribution in [0.25, 0.3) is 0 Å². The third-order valence-corrected chi connectivity index (χ3v) is 5.08. The van der Waals surface area contributed by atoms with Crippen LogP contribution in [0.1, 0.15) is 97.8 Å². The smallest absolute Gasteiger partial charge is 0.0784 e. The van der Waals surface area contributed by atoms with E-state index < -0.39 is 0 Å². The van der Waals surface area contributed by atoms with E-state index in [1.165, 1.54) is 101 Å². The first-order valence-corrected chi connectivity index (χ1v) is 9.52. The zero-order valence-electron chi connectivity index (χ0n) is 15.1. The minimum Gasteiger partial charge on any atom is -0.327 e. The Bertz CT molecular complexity index is 184. The summed E-state index contributed by atoms with van der Waals surface area (Å²) < 4.78 is 1.26. The summed E-state index contributed by atoms with van der Waals surface area (Å²) in [6.07, 6.45) is 17.4. The summed E-state index contributed by atoms with van der Waals surface area (Å²) in [6, 6.07) is 0. The number of unbranched alkanes of at least 4 members (excludes halogenated alkanes) is 11. The molecule has 1 heteroatoms. The van der Waals surface area contributed by atoms with Crippen molar-refractivity contribution in [1.82, 2.24) is 0 Å². The molecule has 0 N–H and O–H groups in total. The zero-order chi connectivity index (χ0) is 15.1. The molecule has 0 aromatic rings. The fraction of sp³-hybridized carbons (Fsp3) is 1.00. The van der Waals surface area contributed by atoms with Crippen LogP contribution in [0.4, 0.5) is 0 Å². The number of rotatable bonds is 15. The lowest BCUT2D eigenvalue weighted by Gasteiger charge is -2.32. The monoisotopic (exact) mass is 284 g/mol. The van der Waals surface area contributed by atoms with E-state index in [0.717, 1.165) is 0 Å². The van der Waals surface area contributed by atoms with Gasteiger partial charge in [0.15, 0.2) is 0 Å². The Morgan fingerprint density at radius 3 is 1.20 bits per heavy atom. The van der Waals surface area contributed by atoms with E-state index >= 15 is 0 Å². The normalized spacial score (nSPS) is 12.0. The fourth-order valence-corrected chi connectivity index (χ4v) is 2.87. The molecule has 0 rings (SSSR count).